The van der Waals surface area contributed by atoms with Crippen LogP contribution in [0.5, 0.6) is 0 Å². The molecular formula is C15H24FN3O. The molecule has 0 bridgehead atoms. The molecule has 2 N–H and O–H groups in total. The molecule has 0 aliphatic carbocycles. The molecule has 0 fully saturated rings. The molecule has 20 heavy (non-hydrogen) atoms. The Morgan fingerprint density at radius 1 is 1.35 bits per heavy atom. The molecule has 0 saturated heterocycles. The molecule has 5 heteroatoms. The number of rotatable bonds is 6. The van der Waals surface area contributed by atoms with Crippen LogP contribution in [0, 0.1) is 11.7 Å². The number of nitrogens with one attached hydrogen (secondary N) is 2. The molecule has 0 aromatic heterocycles. The Labute approximate surface area is 120 Å². The summed E-state index contributed by atoms with van der Waals surface area (Å²) in [6, 6.07) is 4.52. The fourth-order valence-electron chi connectivity index (χ4n) is 2.03. The first-order valence-corrected chi connectivity index (χ1v) is 6.78. The molecule has 1 rings (SSSR count). The van der Waals surface area contributed by atoms with Crippen LogP contribution in [0.1, 0.15) is 24.2 Å². The van der Waals surface area contributed by atoms with Crippen molar-refractivity contribution in [2.24, 2.45) is 5.92 Å². The van der Waals surface area contributed by atoms with Gasteiger partial charge in [0.15, 0.2) is 0 Å². The minimum Gasteiger partial charge on any atom is -0.385 e. The molecule has 1 atom stereocenters. The highest BCUT2D eigenvalue weighted by Crippen LogP contribution is 2.19. The Morgan fingerprint density at radius 3 is 2.50 bits per heavy atom. The van der Waals surface area contributed by atoms with Gasteiger partial charge in [0.05, 0.1) is 11.3 Å². The van der Waals surface area contributed by atoms with Crippen LogP contribution in [-0.2, 0) is 0 Å². The van der Waals surface area contributed by atoms with Crippen LogP contribution in [0.15, 0.2) is 18.2 Å². The number of para-hydroxylation sites is 1. The Bertz CT molecular complexity index is 460. The van der Waals surface area contributed by atoms with E-state index in [9.17, 15) is 9.18 Å². The van der Waals surface area contributed by atoms with Gasteiger partial charge in [0.1, 0.15) is 5.82 Å². The zero-order chi connectivity index (χ0) is 15.3. The number of benzene rings is 1. The first-order chi connectivity index (χ1) is 9.36. The quantitative estimate of drug-likeness (QED) is 0.840. The summed E-state index contributed by atoms with van der Waals surface area (Å²) in [5.74, 6) is -0.379. The molecule has 1 aromatic carbocycles. The van der Waals surface area contributed by atoms with Crippen LogP contribution in [0.3, 0.4) is 0 Å². The maximum atomic E-state index is 13.7. The average molecular weight is 281 g/mol. The summed E-state index contributed by atoms with van der Waals surface area (Å²) in [6.45, 7) is 4.85. The predicted molar refractivity (Wildman–Crippen MR) is 80.6 cm³/mol. The molecule has 112 valence electrons. The Hall–Kier alpha value is -1.62. The number of carbonyl (C=O) groups excluding carboxylic acids is 1. The summed E-state index contributed by atoms with van der Waals surface area (Å²) < 4.78 is 13.7. The normalized spacial score (nSPS) is 12.6. The first kappa shape index (κ1) is 16.4. The van der Waals surface area contributed by atoms with Gasteiger partial charge >= 0.3 is 0 Å². The minimum atomic E-state index is -0.422. The van der Waals surface area contributed by atoms with Crippen molar-refractivity contribution < 1.29 is 9.18 Å². The SMILES string of the molecule is CNc1c(F)cccc1C(=O)NC(CN(C)C)C(C)C. The molecular weight excluding hydrogens is 257 g/mol. The third-order valence-electron chi connectivity index (χ3n) is 3.19. The fourth-order valence-corrected chi connectivity index (χ4v) is 2.03. The summed E-state index contributed by atoms with van der Waals surface area (Å²) in [7, 11) is 5.53. The number of anilines is 1. The van der Waals surface area contributed by atoms with E-state index in [4.69, 9.17) is 0 Å². The molecule has 0 radical (unpaired) electrons. The topological polar surface area (TPSA) is 44.4 Å². The van der Waals surface area contributed by atoms with Crippen LogP contribution in [0.4, 0.5) is 10.1 Å². The summed E-state index contributed by atoms with van der Waals surface area (Å²) in [5.41, 5.74) is 0.564. The van der Waals surface area contributed by atoms with E-state index < -0.39 is 5.82 Å². The van der Waals surface area contributed by atoms with Crippen LogP contribution in [0.2, 0.25) is 0 Å². The lowest BCUT2D eigenvalue weighted by atomic mass is 10.0. The molecule has 1 amide bonds. The van der Waals surface area contributed by atoms with Crippen LogP contribution in [-0.4, -0.2) is 44.5 Å². The zero-order valence-corrected chi connectivity index (χ0v) is 12.8. The van der Waals surface area contributed by atoms with Gasteiger partial charge in [-0.15, -0.1) is 0 Å². The van der Waals surface area contributed by atoms with Crippen LogP contribution >= 0.6 is 0 Å². The molecule has 1 aromatic rings. The largest absolute Gasteiger partial charge is 0.385 e. The molecule has 0 aliphatic rings. The lowest BCUT2D eigenvalue weighted by Gasteiger charge is -2.26. The lowest BCUT2D eigenvalue weighted by molar-refractivity contribution is 0.0917. The van der Waals surface area contributed by atoms with Gasteiger partial charge in [0, 0.05) is 19.6 Å². The minimum absolute atomic E-state index is 0.0190. The maximum absolute atomic E-state index is 13.7. The molecule has 0 heterocycles. The standard InChI is InChI=1S/C15H24FN3O/c1-10(2)13(9-19(4)5)18-15(20)11-7-6-8-12(16)14(11)17-3/h6-8,10,13,17H,9H2,1-5H3,(H,18,20). The Morgan fingerprint density at radius 2 is 2.00 bits per heavy atom. The summed E-state index contributed by atoms with van der Waals surface area (Å²) in [4.78, 5) is 14.4. The monoisotopic (exact) mass is 281 g/mol. The number of hydrogen-bond acceptors (Lipinski definition) is 3. The third kappa shape index (κ3) is 4.20. The number of likely N-dealkylation sites (N-methyl/N-ethyl adjacent to an activating group) is 1. The lowest BCUT2D eigenvalue weighted by Crippen LogP contribution is -2.45. The Kier molecular flexibility index (Phi) is 5.95. The van der Waals surface area contributed by atoms with E-state index in [1.807, 2.05) is 19.0 Å². The van der Waals surface area contributed by atoms with Crippen LogP contribution < -0.4 is 10.6 Å². The van der Waals surface area contributed by atoms with Gasteiger partial charge in [-0.1, -0.05) is 19.9 Å². The molecule has 1 unspecified atom stereocenters. The van der Waals surface area contributed by atoms with E-state index in [2.05, 4.69) is 24.5 Å². The predicted octanol–water partition coefficient (Wildman–Crippen LogP) is 2.18. The van der Waals surface area contributed by atoms with E-state index in [1.165, 1.54) is 6.07 Å². The van der Waals surface area contributed by atoms with E-state index >= 15 is 0 Å². The highest BCUT2D eigenvalue weighted by molar-refractivity contribution is 5.99. The molecule has 0 spiro atoms. The molecule has 4 nitrogen and oxygen atoms in total. The van der Waals surface area contributed by atoms with Gasteiger partial charge in [0.25, 0.3) is 5.91 Å². The summed E-state index contributed by atoms with van der Waals surface area (Å²) >= 11 is 0. The summed E-state index contributed by atoms with van der Waals surface area (Å²) in [6.07, 6.45) is 0. The first-order valence-electron chi connectivity index (χ1n) is 6.78. The van der Waals surface area contributed by atoms with Crippen molar-refractivity contribution in [3.8, 4) is 0 Å². The Balaban J connectivity index is 2.92. The van der Waals surface area contributed by atoms with E-state index in [-0.39, 0.29) is 17.6 Å². The number of nitrogens with zero attached hydrogens (tertiary/aromatic N) is 1. The second kappa shape index (κ2) is 7.24. The van der Waals surface area contributed by atoms with Gasteiger partial charge < -0.3 is 15.5 Å². The van der Waals surface area contributed by atoms with Crippen molar-refractivity contribution in [3.63, 3.8) is 0 Å². The zero-order valence-electron chi connectivity index (χ0n) is 12.8. The number of amides is 1. The number of halogens is 1. The van der Waals surface area contributed by atoms with E-state index in [1.54, 1.807) is 19.2 Å². The van der Waals surface area contributed by atoms with Crippen molar-refractivity contribution >= 4 is 11.6 Å². The van der Waals surface area contributed by atoms with Crippen molar-refractivity contribution in [1.82, 2.24) is 10.2 Å². The summed E-state index contributed by atoms with van der Waals surface area (Å²) in [5, 5.41) is 5.72. The second-order valence-corrected chi connectivity index (χ2v) is 5.50. The van der Waals surface area contributed by atoms with Crippen molar-refractivity contribution in [2.45, 2.75) is 19.9 Å². The molecule has 0 saturated carbocycles. The van der Waals surface area contributed by atoms with Gasteiger partial charge in [0.2, 0.25) is 0 Å². The smallest absolute Gasteiger partial charge is 0.253 e. The highest BCUT2D eigenvalue weighted by Gasteiger charge is 2.20. The van der Waals surface area contributed by atoms with Crippen LogP contribution in [0.25, 0.3) is 0 Å². The fraction of sp³-hybridized carbons (Fsp3) is 0.533. The van der Waals surface area contributed by atoms with E-state index in [0.29, 0.717) is 11.5 Å². The number of carbonyl (C=O) groups is 1. The van der Waals surface area contributed by atoms with Crippen molar-refractivity contribution in [1.29, 1.82) is 0 Å². The molecule has 0 aliphatic heterocycles. The van der Waals surface area contributed by atoms with Gasteiger partial charge in [-0.25, -0.2) is 4.39 Å². The third-order valence-corrected chi connectivity index (χ3v) is 3.19. The van der Waals surface area contributed by atoms with Crippen molar-refractivity contribution in [2.75, 3.05) is 33.0 Å². The highest BCUT2D eigenvalue weighted by atomic mass is 19.1. The van der Waals surface area contributed by atoms with Gasteiger partial charge in [-0.2, -0.15) is 0 Å². The average Bonchev–Trinajstić information content (AvgIpc) is 2.36. The van der Waals surface area contributed by atoms with Gasteiger partial charge in [-0.3, -0.25) is 4.79 Å². The van der Waals surface area contributed by atoms with E-state index in [0.717, 1.165) is 6.54 Å². The second-order valence-electron chi connectivity index (χ2n) is 5.50. The van der Waals surface area contributed by atoms with Gasteiger partial charge in [-0.05, 0) is 32.1 Å². The number of hydrogen-bond donors (Lipinski definition) is 2. The van der Waals surface area contributed by atoms with Crippen molar-refractivity contribution in [3.05, 3.63) is 29.6 Å². The maximum Gasteiger partial charge on any atom is 0.253 e.